The van der Waals surface area contributed by atoms with Crippen LogP contribution in [0.2, 0.25) is 0 Å². The van der Waals surface area contributed by atoms with E-state index in [9.17, 15) is 19.0 Å². The number of likely N-dealkylation sites (N-methyl/N-ethyl adjacent to an activating group) is 1. The van der Waals surface area contributed by atoms with Gasteiger partial charge < -0.3 is 27.9 Å². The second kappa shape index (κ2) is 73.1. The normalized spacial score (nSPS) is 13.9. The number of hydrogen-bond acceptors (Lipinski definition) is 8. The Morgan fingerprint density at radius 1 is 0.340 bits per heavy atom. The molecule has 0 aromatic heterocycles. The first kappa shape index (κ1) is 89.9. The predicted molar refractivity (Wildman–Crippen MR) is 406 cm³/mol. The van der Waals surface area contributed by atoms with Gasteiger partial charge in [0.25, 0.3) is 7.82 Å². The highest BCUT2D eigenvalue weighted by atomic mass is 31.2. The van der Waals surface area contributed by atoms with E-state index in [2.05, 4.69) is 160 Å². The second-order valence-electron chi connectivity index (χ2n) is 26.6. The van der Waals surface area contributed by atoms with Crippen LogP contribution in [0.5, 0.6) is 0 Å². The lowest BCUT2D eigenvalue weighted by atomic mass is 10.0. The number of phosphoric ester groups is 1. The van der Waals surface area contributed by atoms with E-state index in [1.165, 1.54) is 173 Å². The predicted octanol–water partition coefficient (Wildman–Crippen LogP) is 25.1. The number of ether oxygens (including phenoxy) is 2. The van der Waals surface area contributed by atoms with Gasteiger partial charge in [0.1, 0.15) is 19.8 Å². The van der Waals surface area contributed by atoms with Crippen molar-refractivity contribution in [2.45, 2.75) is 328 Å². The van der Waals surface area contributed by atoms with Crippen LogP contribution in [0.25, 0.3) is 0 Å². The molecule has 2 atom stereocenters. The van der Waals surface area contributed by atoms with Crippen LogP contribution in [-0.2, 0) is 32.7 Å². The lowest BCUT2D eigenvalue weighted by Crippen LogP contribution is -2.37. The SMILES string of the molecule is CC/C=C\C/C=C\C/C=C\C/C=C\C/C=C\C/C=C\C/C=C\C/C=C\C/C=C\C/C=C\CCCCCCCCCCC(=O)OC(COC(=O)CCCCCCCCCCCCCCCCCCCCC/C=C\C/C=C\CCCCCCC)COP(=O)([O-])OCC[N+](C)(C)C. The van der Waals surface area contributed by atoms with Gasteiger partial charge in [0.15, 0.2) is 6.10 Å². The first-order valence-corrected chi connectivity index (χ1v) is 40.0. The van der Waals surface area contributed by atoms with E-state index < -0.39 is 26.5 Å². The molecular formula is C84H144NO8P. The number of carbonyl (C=O) groups is 2. The monoisotopic (exact) mass is 1330 g/mol. The summed E-state index contributed by atoms with van der Waals surface area (Å²) in [5.41, 5.74) is 0. The van der Waals surface area contributed by atoms with Gasteiger partial charge in [0, 0.05) is 12.8 Å². The van der Waals surface area contributed by atoms with Crippen LogP contribution in [0, 0.1) is 0 Å². The van der Waals surface area contributed by atoms with Crippen molar-refractivity contribution in [1.82, 2.24) is 0 Å². The van der Waals surface area contributed by atoms with Crippen molar-refractivity contribution in [2.24, 2.45) is 0 Å². The summed E-state index contributed by atoms with van der Waals surface area (Å²) in [5.74, 6) is -0.840. The van der Waals surface area contributed by atoms with Crippen LogP contribution in [0.3, 0.4) is 0 Å². The Morgan fingerprint density at radius 3 is 0.904 bits per heavy atom. The molecule has 0 aliphatic rings. The maximum absolute atomic E-state index is 12.9. The third-order valence-corrected chi connectivity index (χ3v) is 17.3. The molecule has 0 aromatic carbocycles. The van der Waals surface area contributed by atoms with Crippen molar-refractivity contribution in [3.8, 4) is 0 Å². The molecule has 10 heteroatoms. The van der Waals surface area contributed by atoms with Crippen molar-refractivity contribution in [3.63, 3.8) is 0 Å². The Morgan fingerprint density at radius 2 is 0.606 bits per heavy atom. The number of quaternary nitrogens is 1. The maximum Gasteiger partial charge on any atom is 0.306 e. The van der Waals surface area contributed by atoms with Gasteiger partial charge >= 0.3 is 11.9 Å². The van der Waals surface area contributed by atoms with Gasteiger partial charge in [-0.05, 0) is 122 Å². The number of nitrogens with zero attached hydrogens (tertiary/aromatic N) is 1. The van der Waals surface area contributed by atoms with E-state index in [0.717, 1.165) is 116 Å². The molecule has 0 bridgehead atoms. The van der Waals surface area contributed by atoms with Crippen molar-refractivity contribution >= 4 is 19.8 Å². The van der Waals surface area contributed by atoms with Crippen molar-refractivity contribution in [1.29, 1.82) is 0 Å². The van der Waals surface area contributed by atoms with Gasteiger partial charge in [0.2, 0.25) is 0 Å². The van der Waals surface area contributed by atoms with E-state index in [1.807, 2.05) is 21.1 Å². The van der Waals surface area contributed by atoms with Crippen LogP contribution in [-0.4, -0.2) is 70.0 Å². The molecule has 538 valence electrons. The molecule has 0 N–H and O–H groups in total. The zero-order valence-electron chi connectivity index (χ0n) is 61.4. The Labute approximate surface area is 580 Å². The quantitative estimate of drug-likeness (QED) is 0.0195. The molecule has 94 heavy (non-hydrogen) atoms. The van der Waals surface area contributed by atoms with Gasteiger partial charge in [-0.3, -0.25) is 14.2 Å². The van der Waals surface area contributed by atoms with E-state index >= 15 is 0 Å². The molecule has 0 saturated carbocycles. The van der Waals surface area contributed by atoms with E-state index in [1.54, 1.807) is 0 Å². The van der Waals surface area contributed by atoms with Crippen molar-refractivity contribution in [3.05, 3.63) is 146 Å². The van der Waals surface area contributed by atoms with Gasteiger partial charge in [-0.2, -0.15) is 0 Å². The molecule has 0 rings (SSSR count). The highest BCUT2D eigenvalue weighted by molar-refractivity contribution is 7.45. The van der Waals surface area contributed by atoms with E-state index in [-0.39, 0.29) is 32.0 Å². The number of allylic oxidation sites excluding steroid dienone is 24. The number of hydrogen-bond donors (Lipinski definition) is 0. The van der Waals surface area contributed by atoms with E-state index in [0.29, 0.717) is 17.4 Å². The number of carbonyl (C=O) groups excluding carboxylic acids is 2. The standard InChI is InChI=1S/C84H144NO8P/c1-6-8-10-12-14-16-18-20-22-24-26-28-30-32-34-36-38-39-40-41-42-43-44-45-47-49-51-53-55-57-59-61-63-65-67-69-71-73-75-77-84(87)93-82(81-92-94(88,89)91-79-78-85(3,4)5)80-90-83(86)76-74-72-70-68-66-64-62-60-58-56-54-52-50-48-46-37-35-33-31-29-27-25-23-21-19-17-15-13-11-9-7-2/h8,10,14,16,19-22,25-28,32,34,38-39,41-42,44-45,49,51,55,57,82H,6-7,9,11-13,15,17-18,23-24,29-31,33,35-37,40,43,46-48,50,52-54,56,58-81H2,1-5H3/b10-8-,16-14-,21-19-,22-20-,27-25-,28-26-,34-32-,39-38-,42-41-,45-44-,51-49-,57-55-. The van der Waals surface area contributed by atoms with Gasteiger partial charge in [-0.1, -0.05) is 333 Å². The van der Waals surface area contributed by atoms with Gasteiger partial charge in [0.05, 0.1) is 27.7 Å². The minimum atomic E-state index is -4.66. The third kappa shape index (κ3) is 76.9. The first-order valence-electron chi connectivity index (χ1n) is 38.5. The van der Waals surface area contributed by atoms with Crippen LogP contribution in [0.1, 0.15) is 322 Å². The summed E-state index contributed by atoms with van der Waals surface area (Å²) in [6.07, 6.45) is 108. The fourth-order valence-corrected chi connectivity index (χ4v) is 11.2. The molecule has 0 heterocycles. The molecular weight excluding hydrogens is 1180 g/mol. The maximum atomic E-state index is 12.9. The van der Waals surface area contributed by atoms with Gasteiger partial charge in [-0.15, -0.1) is 0 Å². The van der Waals surface area contributed by atoms with Crippen LogP contribution in [0.15, 0.2) is 146 Å². The lowest BCUT2D eigenvalue weighted by molar-refractivity contribution is -0.870. The summed E-state index contributed by atoms with van der Waals surface area (Å²) in [4.78, 5) is 38.2. The summed E-state index contributed by atoms with van der Waals surface area (Å²) < 4.78 is 34.4. The Kier molecular flexibility index (Phi) is 69.9. The number of esters is 2. The molecule has 0 spiro atoms. The number of rotatable bonds is 70. The Balaban J connectivity index is 4.07. The minimum Gasteiger partial charge on any atom is -0.756 e. The molecule has 0 aliphatic carbocycles. The fourth-order valence-electron chi connectivity index (χ4n) is 10.5. The summed E-state index contributed by atoms with van der Waals surface area (Å²) in [5, 5.41) is 0. The molecule has 2 unspecified atom stereocenters. The van der Waals surface area contributed by atoms with Crippen LogP contribution < -0.4 is 4.89 Å². The average Bonchev–Trinajstić information content (AvgIpc) is 1.56. The topological polar surface area (TPSA) is 111 Å². The van der Waals surface area contributed by atoms with Gasteiger partial charge in [-0.25, -0.2) is 0 Å². The lowest BCUT2D eigenvalue weighted by Gasteiger charge is -2.28. The third-order valence-electron chi connectivity index (χ3n) is 16.3. The summed E-state index contributed by atoms with van der Waals surface area (Å²) in [6.45, 7) is 4.13. The molecule has 9 nitrogen and oxygen atoms in total. The average molecular weight is 1330 g/mol. The first-order chi connectivity index (χ1) is 46.0. The fraction of sp³-hybridized carbons (Fsp3) is 0.690. The van der Waals surface area contributed by atoms with Crippen LogP contribution >= 0.6 is 7.82 Å². The smallest absolute Gasteiger partial charge is 0.306 e. The highest BCUT2D eigenvalue weighted by Gasteiger charge is 2.22. The summed E-state index contributed by atoms with van der Waals surface area (Å²) in [7, 11) is 1.15. The van der Waals surface area contributed by atoms with E-state index in [4.69, 9.17) is 18.5 Å². The summed E-state index contributed by atoms with van der Waals surface area (Å²) >= 11 is 0. The molecule has 0 fully saturated rings. The minimum absolute atomic E-state index is 0.0380. The molecule has 0 radical (unpaired) electrons. The van der Waals surface area contributed by atoms with Crippen LogP contribution in [0.4, 0.5) is 0 Å². The summed E-state index contributed by atoms with van der Waals surface area (Å²) in [6, 6.07) is 0. The highest BCUT2D eigenvalue weighted by Crippen LogP contribution is 2.38. The Hall–Kier alpha value is -4.11. The molecule has 0 aliphatic heterocycles. The largest absolute Gasteiger partial charge is 0.756 e. The second-order valence-corrected chi connectivity index (χ2v) is 28.0. The number of phosphoric acid groups is 1. The number of unbranched alkanes of at least 4 members (excludes halogenated alkanes) is 32. The van der Waals surface area contributed by atoms with Crippen molar-refractivity contribution in [2.75, 3.05) is 47.5 Å². The molecule has 0 aromatic rings. The zero-order valence-corrected chi connectivity index (χ0v) is 62.3. The molecule has 0 amide bonds. The molecule has 0 saturated heterocycles. The Bertz CT molecular complexity index is 2100. The zero-order chi connectivity index (χ0) is 68.3. The van der Waals surface area contributed by atoms with Crippen molar-refractivity contribution < 1.29 is 42.1 Å².